The van der Waals surface area contributed by atoms with Crippen LogP contribution in [0.1, 0.15) is 18.9 Å². The van der Waals surface area contributed by atoms with Crippen LogP contribution in [0.3, 0.4) is 0 Å². The van der Waals surface area contributed by atoms with Crippen LogP contribution < -0.4 is 10.1 Å². The summed E-state index contributed by atoms with van der Waals surface area (Å²) < 4.78 is 11.0. The zero-order valence-corrected chi connectivity index (χ0v) is 16.4. The number of benzene rings is 2. The highest BCUT2D eigenvalue weighted by atomic mass is 16.7. The van der Waals surface area contributed by atoms with E-state index in [-0.39, 0.29) is 0 Å². The summed E-state index contributed by atoms with van der Waals surface area (Å²) >= 11 is 0. The number of hydrogen-bond acceptors (Lipinski definition) is 7. The van der Waals surface area contributed by atoms with Crippen molar-refractivity contribution in [2.45, 2.75) is 56.5 Å². The first kappa shape index (κ1) is 21.5. The molecule has 2 aromatic rings. The number of nitrogens with one attached hydrogen (secondary N) is 1. The second-order valence-corrected chi connectivity index (χ2v) is 7.41. The number of para-hydroxylation sites is 1. The van der Waals surface area contributed by atoms with Crippen LogP contribution in [0.25, 0.3) is 0 Å². The molecule has 1 fully saturated rings. The predicted octanol–water partition coefficient (Wildman–Crippen LogP) is 1.30. The van der Waals surface area contributed by atoms with Crippen molar-refractivity contribution in [2.75, 3.05) is 11.9 Å². The fraction of sp³-hybridized carbons (Fsp3) is 0.455. The molecule has 0 saturated carbocycles. The SMILES string of the molecule is CC(CCc1ccc(O[C@@H]2O[C@H](CO)[C@@H](O)[C@H](O)[C@H]2O)cc1)Nc1ccccc1. The summed E-state index contributed by atoms with van der Waals surface area (Å²) in [6.45, 7) is 1.66. The Balaban J connectivity index is 1.51. The third-order valence-electron chi connectivity index (χ3n) is 5.08. The third kappa shape index (κ3) is 5.68. The van der Waals surface area contributed by atoms with Gasteiger partial charge in [0.25, 0.3) is 0 Å². The standard InChI is InChI=1S/C22H29NO6/c1-14(23-16-5-3-2-4-6-16)7-8-15-9-11-17(12-10-15)28-22-21(27)20(26)19(25)18(13-24)29-22/h2-6,9-12,14,18-27H,7-8,13H2,1H3/t14?,18-,19-,20+,21-,22-/m1/s1. The summed E-state index contributed by atoms with van der Waals surface area (Å²) in [6.07, 6.45) is -4.59. The molecule has 7 heteroatoms. The molecule has 2 aromatic carbocycles. The monoisotopic (exact) mass is 403 g/mol. The second-order valence-electron chi connectivity index (χ2n) is 7.41. The Bertz CT molecular complexity index is 739. The van der Waals surface area contributed by atoms with Crippen molar-refractivity contribution in [1.29, 1.82) is 0 Å². The van der Waals surface area contributed by atoms with E-state index in [0.717, 1.165) is 24.1 Å². The van der Waals surface area contributed by atoms with Crippen molar-refractivity contribution in [2.24, 2.45) is 0 Å². The van der Waals surface area contributed by atoms with E-state index in [1.807, 2.05) is 42.5 Å². The summed E-state index contributed by atoms with van der Waals surface area (Å²) in [7, 11) is 0. The summed E-state index contributed by atoms with van der Waals surface area (Å²) in [5.41, 5.74) is 2.25. The molecule has 6 atom stereocenters. The van der Waals surface area contributed by atoms with Crippen LogP contribution in [0.4, 0.5) is 5.69 Å². The maximum atomic E-state index is 10.1. The van der Waals surface area contributed by atoms with Gasteiger partial charge >= 0.3 is 0 Å². The number of ether oxygens (including phenoxy) is 2. The van der Waals surface area contributed by atoms with Crippen molar-refractivity contribution < 1.29 is 29.9 Å². The fourth-order valence-corrected chi connectivity index (χ4v) is 3.31. The van der Waals surface area contributed by atoms with E-state index in [4.69, 9.17) is 9.47 Å². The maximum Gasteiger partial charge on any atom is 0.229 e. The molecule has 0 amide bonds. The molecule has 5 N–H and O–H groups in total. The van der Waals surface area contributed by atoms with Crippen LogP contribution in [-0.4, -0.2) is 63.8 Å². The molecular formula is C22H29NO6. The molecule has 1 heterocycles. The molecule has 0 bridgehead atoms. The lowest BCUT2D eigenvalue weighted by molar-refractivity contribution is -0.277. The van der Waals surface area contributed by atoms with E-state index < -0.39 is 37.3 Å². The highest BCUT2D eigenvalue weighted by Gasteiger charge is 2.44. The Morgan fingerprint density at radius 3 is 2.31 bits per heavy atom. The van der Waals surface area contributed by atoms with Crippen molar-refractivity contribution >= 4 is 5.69 Å². The van der Waals surface area contributed by atoms with E-state index in [2.05, 4.69) is 12.2 Å². The second kappa shape index (κ2) is 10.0. The Kier molecular flexibility index (Phi) is 7.46. The number of aliphatic hydroxyl groups excluding tert-OH is 4. The molecule has 3 rings (SSSR count). The number of aliphatic hydroxyl groups is 4. The molecule has 1 unspecified atom stereocenters. The van der Waals surface area contributed by atoms with Gasteiger partial charge in [-0.1, -0.05) is 30.3 Å². The molecule has 1 saturated heterocycles. The largest absolute Gasteiger partial charge is 0.462 e. The van der Waals surface area contributed by atoms with Gasteiger partial charge in [0.05, 0.1) is 6.61 Å². The first-order chi connectivity index (χ1) is 14.0. The molecule has 0 spiro atoms. The Morgan fingerprint density at radius 1 is 0.966 bits per heavy atom. The van der Waals surface area contributed by atoms with Gasteiger partial charge in [0.15, 0.2) is 0 Å². The van der Waals surface area contributed by atoms with Crippen molar-refractivity contribution in [3.63, 3.8) is 0 Å². The van der Waals surface area contributed by atoms with Crippen LogP contribution in [0.5, 0.6) is 5.75 Å². The topological polar surface area (TPSA) is 111 Å². The van der Waals surface area contributed by atoms with E-state index in [9.17, 15) is 20.4 Å². The molecule has 1 aliphatic heterocycles. The molecule has 7 nitrogen and oxygen atoms in total. The highest BCUT2D eigenvalue weighted by Crippen LogP contribution is 2.24. The third-order valence-corrected chi connectivity index (χ3v) is 5.08. The lowest BCUT2D eigenvalue weighted by Crippen LogP contribution is -2.60. The Morgan fingerprint density at radius 2 is 1.66 bits per heavy atom. The van der Waals surface area contributed by atoms with Gasteiger partial charge in [-0.25, -0.2) is 0 Å². The van der Waals surface area contributed by atoms with Gasteiger partial charge in [0.2, 0.25) is 6.29 Å². The molecule has 158 valence electrons. The number of rotatable bonds is 8. The van der Waals surface area contributed by atoms with Crippen LogP contribution in [0, 0.1) is 0 Å². The normalized spacial score (nSPS) is 28.0. The van der Waals surface area contributed by atoms with E-state index in [1.54, 1.807) is 12.1 Å². The quantitative estimate of drug-likeness (QED) is 0.452. The molecule has 29 heavy (non-hydrogen) atoms. The first-order valence-electron chi connectivity index (χ1n) is 9.85. The molecule has 0 radical (unpaired) electrons. The van der Waals surface area contributed by atoms with Gasteiger partial charge in [0, 0.05) is 11.7 Å². The van der Waals surface area contributed by atoms with Gasteiger partial charge in [-0.05, 0) is 49.6 Å². The van der Waals surface area contributed by atoms with Crippen molar-refractivity contribution in [3.8, 4) is 5.75 Å². The minimum Gasteiger partial charge on any atom is -0.462 e. The number of anilines is 1. The van der Waals surface area contributed by atoms with Gasteiger partial charge in [0.1, 0.15) is 30.2 Å². The maximum absolute atomic E-state index is 10.1. The lowest BCUT2D eigenvalue weighted by atomic mass is 9.99. The average molecular weight is 403 g/mol. The van der Waals surface area contributed by atoms with Crippen molar-refractivity contribution in [3.05, 3.63) is 60.2 Å². The smallest absolute Gasteiger partial charge is 0.229 e. The van der Waals surface area contributed by atoms with Gasteiger partial charge in [-0.2, -0.15) is 0 Å². The average Bonchev–Trinajstić information content (AvgIpc) is 2.74. The summed E-state index contributed by atoms with van der Waals surface area (Å²) in [5.74, 6) is 0.466. The van der Waals surface area contributed by atoms with Crippen LogP contribution in [-0.2, 0) is 11.2 Å². The molecular weight excluding hydrogens is 374 g/mol. The Labute approximate surface area is 170 Å². The summed E-state index contributed by atoms with van der Waals surface area (Å²) in [5, 5.41) is 42.4. The van der Waals surface area contributed by atoms with E-state index in [1.165, 1.54) is 0 Å². The summed E-state index contributed by atoms with van der Waals surface area (Å²) in [6, 6.07) is 17.8. The first-order valence-corrected chi connectivity index (χ1v) is 9.85. The van der Waals surface area contributed by atoms with E-state index >= 15 is 0 Å². The van der Waals surface area contributed by atoms with Crippen molar-refractivity contribution in [1.82, 2.24) is 0 Å². The minimum absolute atomic E-state index is 0.322. The number of aryl methyl sites for hydroxylation is 1. The van der Waals surface area contributed by atoms with Crippen LogP contribution >= 0.6 is 0 Å². The van der Waals surface area contributed by atoms with Gasteiger partial charge in [-0.3, -0.25) is 0 Å². The molecule has 1 aliphatic rings. The summed E-state index contributed by atoms with van der Waals surface area (Å²) in [4.78, 5) is 0. The zero-order chi connectivity index (χ0) is 20.8. The highest BCUT2D eigenvalue weighted by molar-refractivity contribution is 5.43. The molecule has 0 aromatic heterocycles. The Hall–Kier alpha value is -2.16. The minimum atomic E-state index is -1.45. The van der Waals surface area contributed by atoms with Gasteiger partial charge < -0.3 is 35.2 Å². The van der Waals surface area contributed by atoms with Gasteiger partial charge in [-0.15, -0.1) is 0 Å². The lowest BCUT2D eigenvalue weighted by Gasteiger charge is -2.39. The number of hydrogen-bond donors (Lipinski definition) is 5. The van der Waals surface area contributed by atoms with Crippen LogP contribution in [0.15, 0.2) is 54.6 Å². The van der Waals surface area contributed by atoms with E-state index in [0.29, 0.717) is 11.8 Å². The molecule has 0 aliphatic carbocycles. The predicted molar refractivity (Wildman–Crippen MR) is 109 cm³/mol. The zero-order valence-electron chi connectivity index (χ0n) is 16.4. The van der Waals surface area contributed by atoms with Crippen LogP contribution in [0.2, 0.25) is 0 Å². The fourth-order valence-electron chi connectivity index (χ4n) is 3.31.